The number of ether oxygens (including phenoxy) is 2. The molecule has 2 atom stereocenters. The van der Waals surface area contributed by atoms with E-state index in [1.807, 2.05) is 36.7 Å². The molecule has 276 valence electrons. The highest BCUT2D eigenvalue weighted by Gasteiger charge is 2.23. The quantitative estimate of drug-likeness (QED) is 0.167. The summed E-state index contributed by atoms with van der Waals surface area (Å²) in [5.74, 6) is 1.62. The van der Waals surface area contributed by atoms with Gasteiger partial charge in [-0.05, 0) is 74.9 Å². The van der Waals surface area contributed by atoms with Crippen molar-refractivity contribution in [1.29, 1.82) is 0 Å². The molecule has 2 aromatic heterocycles. The third-order valence-electron chi connectivity index (χ3n) is 9.17. The van der Waals surface area contributed by atoms with Crippen molar-refractivity contribution in [2.75, 3.05) is 37.9 Å². The van der Waals surface area contributed by atoms with Crippen LogP contribution in [0.2, 0.25) is 0 Å². The van der Waals surface area contributed by atoms with Gasteiger partial charge in [-0.2, -0.15) is 0 Å². The molecule has 0 bridgehead atoms. The summed E-state index contributed by atoms with van der Waals surface area (Å²) in [5.41, 5.74) is 5.43. The van der Waals surface area contributed by atoms with Gasteiger partial charge in [0.1, 0.15) is 11.5 Å². The molecule has 2 amide bonds. The molecule has 10 nitrogen and oxygen atoms in total. The van der Waals surface area contributed by atoms with Crippen LogP contribution in [0, 0.1) is 0 Å². The largest absolute Gasteiger partial charge is 0.497 e. The first-order valence-corrected chi connectivity index (χ1v) is 19.3. The summed E-state index contributed by atoms with van der Waals surface area (Å²) in [5, 5.41) is 6.85. The Labute approximate surface area is 315 Å². The van der Waals surface area contributed by atoms with Crippen molar-refractivity contribution in [2.45, 2.75) is 78.6 Å². The van der Waals surface area contributed by atoms with Gasteiger partial charge in [-0.15, -0.1) is 22.7 Å². The van der Waals surface area contributed by atoms with Gasteiger partial charge in [0.05, 0.1) is 14.2 Å². The van der Waals surface area contributed by atoms with E-state index in [1.165, 1.54) is 45.9 Å². The lowest BCUT2D eigenvalue weighted by molar-refractivity contribution is -0.115. The average molecular weight is 743 g/mol. The molecular weight excluding hydrogens is 693 g/mol. The minimum atomic E-state index is -0.0782. The van der Waals surface area contributed by atoms with Crippen LogP contribution in [0.25, 0.3) is 12.2 Å². The lowest BCUT2D eigenvalue weighted by Gasteiger charge is -2.34. The van der Waals surface area contributed by atoms with Crippen LogP contribution < -0.4 is 20.1 Å². The predicted molar refractivity (Wildman–Crippen MR) is 213 cm³/mol. The second-order valence-electron chi connectivity index (χ2n) is 13.3. The van der Waals surface area contributed by atoms with Gasteiger partial charge in [-0.25, -0.2) is 9.97 Å². The van der Waals surface area contributed by atoms with E-state index in [1.54, 1.807) is 36.9 Å². The van der Waals surface area contributed by atoms with Gasteiger partial charge in [-0.3, -0.25) is 19.4 Å². The topological polar surface area (TPSA) is 109 Å². The van der Waals surface area contributed by atoms with Crippen LogP contribution in [0.3, 0.4) is 0 Å². The Balaban J connectivity index is 0.000000201. The first-order valence-electron chi connectivity index (χ1n) is 17.7. The minimum Gasteiger partial charge on any atom is -0.497 e. The van der Waals surface area contributed by atoms with Crippen LogP contribution in [0.1, 0.15) is 74.3 Å². The zero-order chi connectivity index (χ0) is 37.0. The monoisotopic (exact) mass is 742 g/mol. The average Bonchev–Trinajstić information content (AvgIpc) is 3.76. The molecule has 12 heteroatoms. The molecule has 1 unspecified atom stereocenters. The first-order chi connectivity index (χ1) is 25.1. The van der Waals surface area contributed by atoms with Crippen molar-refractivity contribution in [1.82, 2.24) is 19.8 Å². The summed E-state index contributed by atoms with van der Waals surface area (Å²) < 4.78 is 10.4. The lowest BCUT2D eigenvalue weighted by atomic mass is 9.95. The number of hydrogen-bond donors (Lipinski definition) is 2. The number of amides is 2. The highest BCUT2D eigenvalue weighted by molar-refractivity contribution is 7.16. The van der Waals surface area contributed by atoms with Crippen LogP contribution in [0.5, 0.6) is 11.5 Å². The van der Waals surface area contributed by atoms with Gasteiger partial charge in [0.2, 0.25) is 11.8 Å². The fraction of sp³-hybridized carbons (Fsp3) is 0.400. The molecule has 2 aromatic carbocycles. The maximum atomic E-state index is 11.1. The molecule has 0 aliphatic carbocycles. The number of hydrogen-bond acceptors (Lipinski definition) is 10. The summed E-state index contributed by atoms with van der Waals surface area (Å²) in [6.45, 7) is 11.4. The van der Waals surface area contributed by atoms with E-state index >= 15 is 0 Å². The molecule has 2 aliphatic rings. The maximum absolute atomic E-state index is 11.1. The maximum Gasteiger partial charge on any atom is 0.223 e. The van der Waals surface area contributed by atoms with Gasteiger partial charge in [0.15, 0.2) is 10.3 Å². The predicted octanol–water partition coefficient (Wildman–Crippen LogP) is 8.36. The molecule has 4 aromatic rings. The molecule has 2 saturated heterocycles. The van der Waals surface area contributed by atoms with Gasteiger partial charge in [-0.1, -0.05) is 47.6 Å². The zero-order valence-electron chi connectivity index (χ0n) is 31.0. The smallest absolute Gasteiger partial charge is 0.223 e. The Morgan fingerprint density at radius 2 is 1.10 bits per heavy atom. The molecule has 6 rings (SSSR count). The summed E-state index contributed by atoms with van der Waals surface area (Å²) in [7, 11) is 3.38. The number of piperidine rings is 2. The number of carbonyl (C=O) groups excluding carboxylic acids is 2. The van der Waals surface area contributed by atoms with E-state index in [-0.39, 0.29) is 11.8 Å². The Kier molecular flexibility index (Phi) is 14.1. The summed E-state index contributed by atoms with van der Waals surface area (Å²) in [4.78, 5) is 38.1. The number of carbonyl (C=O) groups is 2. The van der Waals surface area contributed by atoms with Gasteiger partial charge < -0.3 is 20.1 Å². The van der Waals surface area contributed by atoms with Crippen molar-refractivity contribution in [3.05, 3.63) is 93.0 Å². The Hall–Kier alpha value is -4.36. The summed E-state index contributed by atoms with van der Waals surface area (Å²) >= 11 is 3.11. The fourth-order valence-corrected chi connectivity index (χ4v) is 8.19. The highest BCUT2D eigenvalue weighted by atomic mass is 32.1. The standard InChI is InChI=1S/2C20H25N3O2S/c2*1-14-10-17(11-16-4-6-18(25-3)7-5-16)8-9-23(14)13-19-12-21-20(26-19)22-15(2)24/h2*4-7,11-12,14H,8-10,13H2,1-3H3,(H,21,22,24)/b17-11+;17-11-/t14-;/m1./s1. The van der Waals surface area contributed by atoms with Gasteiger partial charge in [0.25, 0.3) is 0 Å². The van der Waals surface area contributed by atoms with E-state index in [0.29, 0.717) is 22.3 Å². The number of anilines is 2. The normalized spacial score (nSPS) is 19.5. The third kappa shape index (κ3) is 11.8. The number of rotatable bonds is 10. The molecule has 2 N–H and O–H groups in total. The molecule has 0 saturated carbocycles. The third-order valence-corrected chi connectivity index (χ3v) is 11.0. The molecule has 0 radical (unpaired) electrons. The van der Waals surface area contributed by atoms with Crippen molar-refractivity contribution in [3.63, 3.8) is 0 Å². The van der Waals surface area contributed by atoms with Crippen LogP contribution in [0.15, 0.2) is 72.1 Å². The van der Waals surface area contributed by atoms with Gasteiger partial charge >= 0.3 is 0 Å². The summed E-state index contributed by atoms with van der Waals surface area (Å²) in [6.07, 6.45) is 12.6. The molecule has 52 heavy (non-hydrogen) atoms. The zero-order valence-corrected chi connectivity index (χ0v) is 32.6. The number of benzene rings is 2. The van der Waals surface area contributed by atoms with Crippen molar-refractivity contribution < 1.29 is 19.1 Å². The van der Waals surface area contributed by atoms with Crippen LogP contribution in [0.4, 0.5) is 10.3 Å². The van der Waals surface area contributed by atoms with Gasteiger partial charge in [0, 0.05) is 74.3 Å². The second kappa shape index (κ2) is 18.9. The number of thiazole rings is 2. The van der Waals surface area contributed by atoms with Crippen LogP contribution >= 0.6 is 22.7 Å². The molecule has 4 heterocycles. The van der Waals surface area contributed by atoms with E-state index in [0.717, 1.165) is 63.4 Å². The fourth-order valence-electron chi connectivity index (χ4n) is 6.42. The van der Waals surface area contributed by atoms with E-state index < -0.39 is 0 Å². The first kappa shape index (κ1) is 38.9. The Bertz CT molecular complexity index is 1700. The van der Waals surface area contributed by atoms with Crippen molar-refractivity contribution >= 4 is 56.9 Å². The Morgan fingerprint density at radius 3 is 1.42 bits per heavy atom. The lowest BCUT2D eigenvalue weighted by Crippen LogP contribution is -2.37. The Morgan fingerprint density at radius 1 is 0.712 bits per heavy atom. The second-order valence-corrected chi connectivity index (χ2v) is 15.6. The van der Waals surface area contributed by atoms with E-state index in [4.69, 9.17) is 9.47 Å². The SMILES string of the molecule is COc1ccc(/C=C2/CCN(Cc3cnc(NC(C)=O)s3)C(C)C2)cc1.COc1ccc(/C=C2\CCN(Cc3cnc(NC(C)=O)s3)[C@H](C)C2)cc1. The van der Waals surface area contributed by atoms with Crippen LogP contribution in [-0.2, 0) is 22.7 Å². The summed E-state index contributed by atoms with van der Waals surface area (Å²) in [6, 6.07) is 17.4. The van der Waals surface area contributed by atoms with Crippen molar-refractivity contribution in [2.24, 2.45) is 0 Å². The van der Waals surface area contributed by atoms with Crippen LogP contribution in [-0.4, -0.2) is 71.0 Å². The number of likely N-dealkylation sites (tertiary alicyclic amines) is 2. The number of nitrogens with one attached hydrogen (secondary N) is 2. The molecular formula is C40H50N6O4S2. The highest BCUT2D eigenvalue weighted by Crippen LogP contribution is 2.30. The number of nitrogens with zero attached hydrogens (tertiary/aromatic N) is 4. The molecule has 2 fully saturated rings. The van der Waals surface area contributed by atoms with E-state index in [9.17, 15) is 9.59 Å². The van der Waals surface area contributed by atoms with Crippen molar-refractivity contribution in [3.8, 4) is 11.5 Å². The number of methoxy groups -OCH3 is 2. The van der Waals surface area contributed by atoms with E-state index in [2.05, 4.69) is 80.7 Å². The minimum absolute atomic E-state index is 0.0782. The molecule has 2 aliphatic heterocycles. The number of aromatic nitrogens is 2. The molecule has 0 spiro atoms.